The largest absolute Gasteiger partial charge is 0.382 e. The Balaban J connectivity index is 2.46. The van der Waals surface area contributed by atoms with Crippen LogP contribution in [0, 0.1) is 5.92 Å². The SMILES string of the molecule is CCOCCCC(NN)C1CCCC(S(C)(=O)=O)C1. The van der Waals surface area contributed by atoms with Gasteiger partial charge in [0.25, 0.3) is 0 Å². The van der Waals surface area contributed by atoms with Crippen LogP contribution in [0.25, 0.3) is 0 Å². The van der Waals surface area contributed by atoms with Crippen LogP contribution in [0.5, 0.6) is 0 Å². The van der Waals surface area contributed by atoms with Crippen LogP contribution in [0.1, 0.15) is 45.4 Å². The Morgan fingerprint density at radius 3 is 2.74 bits per heavy atom. The third-order valence-corrected chi connectivity index (χ3v) is 5.70. The van der Waals surface area contributed by atoms with E-state index in [1.807, 2.05) is 6.92 Å². The van der Waals surface area contributed by atoms with Crippen LogP contribution in [-0.2, 0) is 14.6 Å². The summed E-state index contributed by atoms with van der Waals surface area (Å²) in [5.74, 6) is 5.99. The summed E-state index contributed by atoms with van der Waals surface area (Å²) in [4.78, 5) is 0. The molecular weight excluding hydrogens is 264 g/mol. The molecule has 0 aliphatic heterocycles. The minimum atomic E-state index is -2.92. The van der Waals surface area contributed by atoms with Crippen molar-refractivity contribution in [3.05, 3.63) is 0 Å². The highest BCUT2D eigenvalue weighted by Crippen LogP contribution is 2.31. The zero-order chi connectivity index (χ0) is 14.3. The average molecular weight is 292 g/mol. The van der Waals surface area contributed by atoms with E-state index in [1.54, 1.807) is 0 Å². The third-order valence-electron chi connectivity index (χ3n) is 4.06. The van der Waals surface area contributed by atoms with Gasteiger partial charge in [-0.2, -0.15) is 0 Å². The van der Waals surface area contributed by atoms with Crippen molar-refractivity contribution in [3.63, 3.8) is 0 Å². The Labute approximate surface area is 117 Å². The molecule has 19 heavy (non-hydrogen) atoms. The van der Waals surface area contributed by atoms with E-state index in [-0.39, 0.29) is 11.3 Å². The van der Waals surface area contributed by atoms with E-state index in [9.17, 15) is 8.42 Å². The lowest BCUT2D eigenvalue weighted by atomic mass is 9.82. The van der Waals surface area contributed by atoms with Crippen LogP contribution in [0.2, 0.25) is 0 Å². The van der Waals surface area contributed by atoms with Crippen LogP contribution >= 0.6 is 0 Å². The van der Waals surface area contributed by atoms with Gasteiger partial charge >= 0.3 is 0 Å². The van der Waals surface area contributed by atoms with E-state index in [1.165, 1.54) is 6.26 Å². The maximum atomic E-state index is 11.7. The van der Waals surface area contributed by atoms with Crippen molar-refractivity contribution in [2.45, 2.75) is 56.7 Å². The summed E-state index contributed by atoms with van der Waals surface area (Å²) in [7, 11) is -2.92. The number of nitrogens with two attached hydrogens (primary N) is 1. The lowest BCUT2D eigenvalue weighted by Crippen LogP contribution is -2.44. The number of nitrogens with one attached hydrogen (secondary N) is 1. The van der Waals surface area contributed by atoms with Gasteiger partial charge in [0, 0.05) is 25.5 Å². The first-order valence-corrected chi connectivity index (χ1v) is 9.17. The lowest BCUT2D eigenvalue weighted by Gasteiger charge is -2.33. The molecule has 3 atom stereocenters. The number of sulfone groups is 1. The molecule has 0 aromatic heterocycles. The maximum Gasteiger partial charge on any atom is 0.150 e. The number of ether oxygens (including phenoxy) is 1. The fourth-order valence-corrected chi connectivity index (χ4v) is 4.13. The molecule has 0 bridgehead atoms. The highest BCUT2D eigenvalue weighted by Gasteiger charge is 2.32. The highest BCUT2D eigenvalue weighted by molar-refractivity contribution is 7.91. The first-order valence-electron chi connectivity index (χ1n) is 7.21. The monoisotopic (exact) mass is 292 g/mol. The number of hydrogen-bond donors (Lipinski definition) is 2. The molecule has 1 saturated carbocycles. The quantitative estimate of drug-likeness (QED) is 0.399. The summed E-state index contributed by atoms with van der Waals surface area (Å²) in [6.07, 6.45) is 6.83. The summed E-state index contributed by atoms with van der Waals surface area (Å²) in [6.45, 7) is 3.47. The molecule has 5 nitrogen and oxygen atoms in total. The topological polar surface area (TPSA) is 81.4 Å². The third kappa shape index (κ3) is 5.77. The molecule has 114 valence electrons. The second-order valence-corrected chi connectivity index (χ2v) is 7.82. The smallest absolute Gasteiger partial charge is 0.150 e. The van der Waals surface area contributed by atoms with Gasteiger partial charge in [0.2, 0.25) is 0 Å². The average Bonchev–Trinajstić information content (AvgIpc) is 2.38. The summed E-state index contributed by atoms with van der Waals surface area (Å²) in [5.41, 5.74) is 2.87. The molecular formula is C13H28N2O3S. The molecule has 3 N–H and O–H groups in total. The van der Waals surface area contributed by atoms with Crippen molar-refractivity contribution in [1.82, 2.24) is 5.43 Å². The molecule has 1 aliphatic rings. The van der Waals surface area contributed by atoms with E-state index in [0.717, 1.165) is 51.7 Å². The van der Waals surface area contributed by atoms with Crippen LogP contribution < -0.4 is 11.3 Å². The zero-order valence-electron chi connectivity index (χ0n) is 12.1. The van der Waals surface area contributed by atoms with Gasteiger partial charge < -0.3 is 4.74 Å². The number of rotatable bonds is 8. The van der Waals surface area contributed by atoms with E-state index in [4.69, 9.17) is 10.6 Å². The first kappa shape index (κ1) is 16.9. The number of hydrogen-bond acceptors (Lipinski definition) is 5. The molecule has 0 aromatic rings. The Hall–Kier alpha value is -0.170. The molecule has 1 aliphatic carbocycles. The Bertz CT molecular complexity index is 346. The molecule has 1 fully saturated rings. The molecule has 3 unspecified atom stereocenters. The van der Waals surface area contributed by atoms with Gasteiger partial charge in [0.1, 0.15) is 9.84 Å². The minimum absolute atomic E-state index is 0.186. The first-order chi connectivity index (χ1) is 8.99. The Morgan fingerprint density at radius 2 is 2.16 bits per heavy atom. The van der Waals surface area contributed by atoms with Gasteiger partial charge in [-0.3, -0.25) is 11.3 Å². The molecule has 0 spiro atoms. The van der Waals surface area contributed by atoms with E-state index in [0.29, 0.717) is 5.92 Å². The molecule has 1 rings (SSSR count). The van der Waals surface area contributed by atoms with E-state index >= 15 is 0 Å². The molecule has 0 radical (unpaired) electrons. The van der Waals surface area contributed by atoms with Crippen molar-refractivity contribution in [2.24, 2.45) is 11.8 Å². The fourth-order valence-electron chi connectivity index (χ4n) is 2.94. The van der Waals surface area contributed by atoms with E-state index in [2.05, 4.69) is 5.43 Å². The van der Waals surface area contributed by atoms with Gasteiger partial charge in [-0.1, -0.05) is 6.42 Å². The predicted molar refractivity (Wildman–Crippen MR) is 77.4 cm³/mol. The molecule has 0 heterocycles. The summed E-state index contributed by atoms with van der Waals surface area (Å²) in [5, 5.41) is -0.186. The normalized spacial score (nSPS) is 26.3. The lowest BCUT2D eigenvalue weighted by molar-refractivity contribution is 0.135. The highest BCUT2D eigenvalue weighted by atomic mass is 32.2. The van der Waals surface area contributed by atoms with E-state index < -0.39 is 9.84 Å². The molecule has 6 heteroatoms. The summed E-state index contributed by atoms with van der Waals surface area (Å²) >= 11 is 0. The molecule has 0 saturated heterocycles. The van der Waals surface area contributed by atoms with Crippen molar-refractivity contribution in [1.29, 1.82) is 0 Å². The predicted octanol–water partition coefficient (Wildman–Crippen LogP) is 1.24. The van der Waals surface area contributed by atoms with Crippen molar-refractivity contribution in [3.8, 4) is 0 Å². The Kier molecular flexibility index (Phi) is 7.28. The van der Waals surface area contributed by atoms with Gasteiger partial charge in [0.15, 0.2) is 0 Å². The fraction of sp³-hybridized carbons (Fsp3) is 1.00. The standard InChI is InChI=1S/C13H28N2O3S/c1-3-18-9-5-8-13(15-14)11-6-4-7-12(10-11)19(2,16)17/h11-13,15H,3-10,14H2,1-2H3. The number of hydrazine groups is 1. The van der Waals surface area contributed by atoms with Gasteiger partial charge in [0.05, 0.1) is 5.25 Å². The van der Waals surface area contributed by atoms with Gasteiger partial charge in [-0.25, -0.2) is 8.42 Å². The van der Waals surface area contributed by atoms with Crippen molar-refractivity contribution >= 4 is 9.84 Å². The second kappa shape index (κ2) is 8.19. The summed E-state index contributed by atoms with van der Waals surface area (Å²) < 4.78 is 28.7. The Morgan fingerprint density at radius 1 is 1.42 bits per heavy atom. The minimum Gasteiger partial charge on any atom is -0.382 e. The van der Waals surface area contributed by atoms with Gasteiger partial charge in [-0.15, -0.1) is 0 Å². The maximum absolute atomic E-state index is 11.7. The molecule has 0 aromatic carbocycles. The van der Waals surface area contributed by atoms with Crippen molar-refractivity contribution in [2.75, 3.05) is 19.5 Å². The van der Waals surface area contributed by atoms with Crippen LogP contribution in [0.3, 0.4) is 0 Å². The van der Waals surface area contributed by atoms with Crippen LogP contribution in [-0.4, -0.2) is 39.2 Å². The van der Waals surface area contributed by atoms with Crippen LogP contribution in [0.4, 0.5) is 0 Å². The second-order valence-electron chi connectivity index (χ2n) is 5.49. The van der Waals surface area contributed by atoms with Crippen LogP contribution in [0.15, 0.2) is 0 Å². The van der Waals surface area contributed by atoms with Gasteiger partial charge in [-0.05, 0) is 44.9 Å². The van der Waals surface area contributed by atoms with Crippen molar-refractivity contribution < 1.29 is 13.2 Å². The molecule has 0 amide bonds. The summed E-state index contributed by atoms with van der Waals surface area (Å²) in [6, 6.07) is 0.199. The zero-order valence-corrected chi connectivity index (χ0v) is 12.9.